The van der Waals surface area contributed by atoms with Gasteiger partial charge in [0.05, 0.1) is 17.2 Å². The molecule has 0 fully saturated rings. The third kappa shape index (κ3) is 3.29. The van der Waals surface area contributed by atoms with E-state index in [0.29, 0.717) is 16.8 Å². The summed E-state index contributed by atoms with van der Waals surface area (Å²) in [6.07, 6.45) is 7.76. The summed E-state index contributed by atoms with van der Waals surface area (Å²) in [4.78, 5) is 17.2. The van der Waals surface area contributed by atoms with Crippen molar-refractivity contribution in [3.63, 3.8) is 0 Å². The van der Waals surface area contributed by atoms with Gasteiger partial charge in [-0.2, -0.15) is 4.98 Å². The van der Waals surface area contributed by atoms with Gasteiger partial charge in [0, 0.05) is 18.9 Å². The Morgan fingerprint density at radius 1 is 1.04 bits per heavy atom. The van der Waals surface area contributed by atoms with E-state index < -0.39 is 0 Å². The predicted molar refractivity (Wildman–Crippen MR) is 98.1 cm³/mol. The van der Waals surface area contributed by atoms with Crippen LogP contribution in [0.15, 0.2) is 61.3 Å². The second-order valence-corrected chi connectivity index (χ2v) is 5.91. The molecule has 0 saturated carbocycles. The number of aromatic nitrogens is 5. The van der Waals surface area contributed by atoms with Crippen LogP contribution in [-0.2, 0) is 6.42 Å². The number of para-hydroxylation sites is 2. The molecule has 7 heteroatoms. The quantitative estimate of drug-likeness (QED) is 0.596. The Kier molecular flexibility index (Phi) is 4.26. The summed E-state index contributed by atoms with van der Waals surface area (Å²) in [6, 6.07) is 11.8. The topological polar surface area (TPSA) is 68.5 Å². The maximum absolute atomic E-state index is 6.31. The molecule has 0 saturated heterocycles. The van der Waals surface area contributed by atoms with Crippen molar-refractivity contribution >= 4 is 28.6 Å². The molecule has 3 aromatic heterocycles. The minimum atomic E-state index is 0.475. The number of fused-ring (bicyclic) bond motifs is 1. The van der Waals surface area contributed by atoms with Gasteiger partial charge >= 0.3 is 0 Å². The molecule has 0 atom stereocenters. The van der Waals surface area contributed by atoms with Crippen molar-refractivity contribution < 1.29 is 0 Å². The SMILES string of the molecule is Clc1cnc(NCCc2ccncc2)nc1-n1cnc2ccccc21. The molecule has 124 valence electrons. The molecule has 0 bridgehead atoms. The molecule has 0 radical (unpaired) electrons. The second-order valence-electron chi connectivity index (χ2n) is 5.50. The van der Waals surface area contributed by atoms with Crippen molar-refractivity contribution in [1.82, 2.24) is 24.5 Å². The molecule has 25 heavy (non-hydrogen) atoms. The van der Waals surface area contributed by atoms with E-state index in [-0.39, 0.29) is 0 Å². The molecule has 4 rings (SSSR count). The zero-order valence-corrected chi connectivity index (χ0v) is 14.1. The minimum Gasteiger partial charge on any atom is -0.354 e. The van der Waals surface area contributed by atoms with E-state index in [9.17, 15) is 0 Å². The van der Waals surface area contributed by atoms with E-state index in [2.05, 4.69) is 25.3 Å². The largest absolute Gasteiger partial charge is 0.354 e. The van der Waals surface area contributed by atoms with Gasteiger partial charge in [-0.3, -0.25) is 9.55 Å². The molecule has 0 aliphatic rings. The van der Waals surface area contributed by atoms with Gasteiger partial charge in [-0.15, -0.1) is 0 Å². The highest BCUT2D eigenvalue weighted by atomic mass is 35.5. The number of benzene rings is 1. The Morgan fingerprint density at radius 2 is 1.88 bits per heavy atom. The fourth-order valence-corrected chi connectivity index (χ4v) is 2.79. The Hall–Kier alpha value is -2.99. The number of anilines is 1. The van der Waals surface area contributed by atoms with Gasteiger partial charge in [0.1, 0.15) is 11.3 Å². The molecule has 0 unspecified atom stereocenters. The Labute approximate surface area is 149 Å². The normalized spacial score (nSPS) is 10.9. The van der Waals surface area contributed by atoms with Crippen LogP contribution in [0.4, 0.5) is 5.95 Å². The first-order chi connectivity index (χ1) is 12.3. The van der Waals surface area contributed by atoms with E-state index in [1.54, 1.807) is 24.9 Å². The van der Waals surface area contributed by atoms with Crippen LogP contribution >= 0.6 is 11.6 Å². The summed E-state index contributed by atoms with van der Waals surface area (Å²) >= 11 is 6.31. The molecular formula is C18H15ClN6. The fourth-order valence-electron chi connectivity index (χ4n) is 2.61. The predicted octanol–water partition coefficient (Wildman–Crippen LogP) is 3.52. The van der Waals surface area contributed by atoms with Gasteiger partial charge in [0.2, 0.25) is 5.95 Å². The summed E-state index contributed by atoms with van der Waals surface area (Å²) in [7, 11) is 0. The molecule has 4 aromatic rings. The van der Waals surface area contributed by atoms with Gasteiger partial charge in [-0.05, 0) is 36.2 Å². The number of hydrogen-bond donors (Lipinski definition) is 1. The van der Waals surface area contributed by atoms with Crippen LogP contribution in [0.3, 0.4) is 0 Å². The van der Waals surface area contributed by atoms with Crippen LogP contribution in [0.1, 0.15) is 5.56 Å². The van der Waals surface area contributed by atoms with Crippen LogP contribution in [0, 0.1) is 0 Å². The van der Waals surface area contributed by atoms with Crippen LogP contribution in [0.2, 0.25) is 5.02 Å². The third-order valence-corrected chi connectivity index (χ3v) is 4.12. The average Bonchev–Trinajstić information content (AvgIpc) is 3.08. The molecule has 0 amide bonds. The summed E-state index contributed by atoms with van der Waals surface area (Å²) in [5.41, 5.74) is 3.05. The number of nitrogens with zero attached hydrogens (tertiary/aromatic N) is 5. The zero-order chi connectivity index (χ0) is 17.1. The summed E-state index contributed by atoms with van der Waals surface area (Å²) in [5, 5.41) is 3.71. The molecule has 0 spiro atoms. The highest BCUT2D eigenvalue weighted by Crippen LogP contribution is 2.23. The van der Waals surface area contributed by atoms with Crippen LogP contribution < -0.4 is 5.32 Å². The maximum atomic E-state index is 6.31. The Morgan fingerprint density at radius 3 is 2.76 bits per heavy atom. The van der Waals surface area contributed by atoms with Gasteiger partial charge in [-0.1, -0.05) is 23.7 Å². The standard InChI is InChI=1S/C18H15ClN6/c19-14-11-22-18(21-10-7-13-5-8-20-9-6-13)24-17(14)25-12-23-15-3-1-2-4-16(15)25/h1-6,8-9,11-12H,7,10H2,(H,21,22,24). The lowest BCUT2D eigenvalue weighted by Gasteiger charge is -2.09. The van der Waals surface area contributed by atoms with Crippen LogP contribution in [0.25, 0.3) is 16.9 Å². The first-order valence-corrected chi connectivity index (χ1v) is 8.27. The first kappa shape index (κ1) is 15.5. The molecular weight excluding hydrogens is 336 g/mol. The van der Waals surface area contributed by atoms with E-state index in [1.165, 1.54) is 5.56 Å². The average molecular weight is 351 g/mol. The molecule has 1 N–H and O–H groups in total. The number of pyridine rings is 1. The highest BCUT2D eigenvalue weighted by molar-refractivity contribution is 6.32. The van der Waals surface area contributed by atoms with Crippen molar-refractivity contribution in [1.29, 1.82) is 0 Å². The minimum absolute atomic E-state index is 0.475. The fraction of sp³-hybridized carbons (Fsp3) is 0.111. The highest BCUT2D eigenvalue weighted by Gasteiger charge is 2.11. The second kappa shape index (κ2) is 6.86. The molecule has 1 aromatic carbocycles. The summed E-state index contributed by atoms with van der Waals surface area (Å²) < 4.78 is 1.87. The lowest BCUT2D eigenvalue weighted by Crippen LogP contribution is -2.10. The third-order valence-electron chi connectivity index (χ3n) is 3.85. The van der Waals surface area contributed by atoms with Crippen LogP contribution in [0.5, 0.6) is 0 Å². The molecule has 0 aliphatic heterocycles. The number of hydrogen-bond acceptors (Lipinski definition) is 5. The van der Waals surface area contributed by atoms with Crippen molar-refractivity contribution in [3.05, 3.63) is 71.9 Å². The summed E-state index contributed by atoms with van der Waals surface area (Å²) in [6.45, 7) is 0.718. The van der Waals surface area contributed by atoms with Gasteiger partial charge in [0.15, 0.2) is 5.82 Å². The van der Waals surface area contributed by atoms with Gasteiger partial charge in [-0.25, -0.2) is 9.97 Å². The Bertz CT molecular complexity index is 999. The lowest BCUT2D eigenvalue weighted by atomic mass is 10.2. The maximum Gasteiger partial charge on any atom is 0.224 e. The van der Waals surface area contributed by atoms with E-state index >= 15 is 0 Å². The first-order valence-electron chi connectivity index (χ1n) is 7.89. The van der Waals surface area contributed by atoms with E-state index in [1.807, 2.05) is 41.0 Å². The van der Waals surface area contributed by atoms with Crippen molar-refractivity contribution in [2.24, 2.45) is 0 Å². The van der Waals surface area contributed by atoms with Gasteiger partial charge < -0.3 is 5.32 Å². The molecule has 0 aliphatic carbocycles. The monoisotopic (exact) mass is 350 g/mol. The number of nitrogens with one attached hydrogen (secondary N) is 1. The van der Waals surface area contributed by atoms with Crippen molar-refractivity contribution in [2.75, 3.05) is 11.9 Å². The Balaban J connectivity index is 1.56. The summed E-state index contributed by atoms with van der Waals surface area (Å²) in [5.74, 6) is 1.14. The van der Waals surface area contributed by atoms with E-state index in [0.717, 1.165) is 24.0 Å². The van der Waals surface area contributed by atoms with Crippen LogP contribution in [-0.4, -0.2) is 31.0 Å². The number of rotatable bonds is 5. The van der Waals surface area contributed by atoms with Crippen molar-refractivity contribution in [3.8, 4) is 5.82 Å². The zero-order valence-electron chi connectivity index (χ0n) is 13.3. The smallest absolute Gasteiger partial charge is 0.224 e. The molecule has 3 heterocycles. The van der Waals surface area contributed by atoms with Crippen molar-refractivity contribution in [2.45, 2.75) is 6.42 Å². The number of halogens is 1. The number of imidazole rings is 1. The van der Waals surface area contributed by atoms with Gasteiger partial charge in [0.25, 0.3) is 0 Å². The lowest BCUT2D eigenvalue weighted by molar-refractivity contribution is 0.951. The van der Waals surface area contributed by atoms with E-state index in [4.69, 9.17) is 11.6 Å². The molecule has 6 nitrogen and oxygen atoms in total.